The van der Waals surface area contributed by atoms with Gasteiger partial charge in [-0.05, 0) is 43.5 Å². The van der Waals surface area contributed by atoms with Crippen molar-refractivity contribution in [2.75, 3.05) is 17.6 Å². The molecule has 1 atom stereocenters. The number of rotatable bonds is 6. The number of amidine groups is 1. The summed E-state index contributed by atoms with van der Waals surface area (Å²) in [6.07, 6.45) is 7.94. The highest BCUT2D eigenvalue weighted by molar-refractivity contribution is 8.14. The SMILES string of the molecule is CCCN1/C(=N/C2CCCCC2)SCC1CC(=O)Nc1ccc(Cl)cc1.Cl. The summed E-state index contributed by atoms with van der Waals surface area (Å²) < 4.78 is 0. The van der Waals surface area contributed by atoms with Crippen molar-refractivity contribution in [3.63, 3.8) is 0 Å². The van der Waals surface area contributed by atoms with Gasteiger partial charge in [-0.3, -0.25) is 9.79 Å². The van der Waals surface area contributed by atoms with Crippen molar-refractivity contribution in [1.29, 1.82) is 0 Å². The highest BCUT2D eigenvalue weighted by Crippen LogP contribution is 2.30. The largest absolute Gasteiger partial charge is 0.347 e. The number of benzene rings is 1. The Morgan fingerprint density at radius 1 is 1.26 bits per heavy atom. The summed E-state index contributed by atoms with van der Waals surface area (Å²) in [5.41, 5.74) is 0.795. The van der Waals surface area contributed by atoms with Gasteiger partial charge in [0.15, 0.2) is 5.17 Å². The van der Waals surface area contributed by atoms with Crippen molar-refractivity contribution in [1.82, 2.24) is 4.90 Å². The Labute approximate surface area is 177 Å². The lowest BCUT2D eigenvalue weighted by Gasteiger charge is -2.27. The van der Waals surface area contributed by atoms with Gasteiger partial charge in [0.05, 0.1) is 6.04 Å². The lowest BCUT2D eigenvalue weighted by molar-refractivity contribution is -0.116. The predicted molar refractivity (Wildman–Crippen MR) is 119 cm³/mol. The van der Waals surface area contributed by atoms with Crippen LogP contribution in [0.3, 0.4) is 0 Å². The molecule has 0 bridgehead atoms. The molecule has 0 spiro atoms. The van der Waals surface area contributed by atoms with Crippen molar-refractivity contribution in [3.05, 3.63) is 29.3 Å². The molecule has 1 N–H and O–H groups in total. The number of nitrogens with one attached hydrogen (secondary N) is 1. The standard InChI is InChI=1S/C20H28ClN3OS.ClH/c1-2-12-24-18(13-19(25)22-17-10-8-15(21)9-11-17)14-26-20(24)23-16-6-4-3-5-7-16;/h8-11,16,18H,2-7,12-14H2,1H3,(H,22,25);1H/b23-20-;. The molecular formula is C20H29Cl2N3OS. The van der Waals surface area contributed by atoms with Gasteiger partial charge < -0.3 is 10.2 Å². The maximum Gasteiger partial charge on any atom is 0.226 e. The zero-order valence-electron chi connectivity index (χ0n) is 15.8. The number of thioether (sulfide) groups is 1. The number of carbonyl (C=O) groups is 1. The van der Waals surface area contributed by atoms with Crippen LogP contribution in [0.25, 0.3) is 0 Å². The average Bonchev–Trinajstić information content (AvgIpc) is 3.00. The van der Waals surface area contributed by atoms with Crippen LogP contribution in [-0.2, 0) is 4.79 Å². The highest BCUT2D eigenvalue weighted by atomic mass is 35.5. The van der Waals surface area contributed by atoms with Crippen LogP contribution in [0, 0.1) is 0 Å². The molecule has 1 amide bonds. The third-order valence-electron chi connectivity index (χ3n) is 4.97. The fourth-order valence-corrected chi connectivity index (χ4v) is 5.02. The third-order valence-corrected chi connectivity index (χ3v) is 6.37. The minimum absolute atomic E-state index is 0. The Hall–Kier alpha value is -0.910. The first-order valence-electron chi connectivity index (χ1n) is 9.68. The van der Waals surface area contributed by atoms with Crippen LogP contribution in [0.5, 0.6) is 0 Å². The molecule has 0 aromatic heterocycles. The molecule has 1 aromatic carbocycles. The number of aliphatic imine (C=N–C) groups is 1. The van der Waals surface area contributed by atoms with Crippen LogP contribution in [0.4, 0.5) is 5.69 Å². The number of amides is 1. The minimum Gasteiger partial charge on any atom is -0.347 e. The van der Waals surface area contributed by atoms with Crippen LogP contribution in [0.15, 0.2) is 29.3 Å². The second-order valence-corrected chi connectivity index (χ2v) is 8.54. The number of carbonyl (C=O) groups excluding carboxylic acids is 1. The van der Waals surface area contributed by atoms with Gasteiger partial charge in [0.1, 0.15) is 0 Å². The molecule has 3 rings (SSSR count). The molecule has 2 aliphatic rings. The van der Waals surface area contributed by atoms with Crippen molar-refractivity contribution < 1.29 is 4.79 Å². The van der Waals surface area contributed by atoms with E-state index in [1.165, 1.54) is 32.1 Å². The molecular weight excluding hydrogens is 401 g/mol. The van der Waals surface area contributed by atoms with Gasteiger partial charge in [-0.1, -0.05) is 49.5 Å². The number of nitrogens with zero attached hydrogens (tertiary/aromatic N) is 2. The molecule has 1 saturated carbocycles. The van der Waals surface area contributed by atoms with E-state index in [9.17, 15) is 4.79 Å². The zero-order chi connectivity index (χ0) is 18.4. The van der Waals surface area contributed by atoms with Gasteiger partial charge in [0.2, 0.25) is 5.91 Å². The molecule has 0 radical (unpaired) electrons. The molecule has 2 fully saturated rings. The summed E-state index contributed by atoms with van der Waals surface area (Å²) in [5, 5.41) is 4.81. The summed E-state index contributed by atoms with van der Waals surface area (Å²) in [4.78, 5) is 19.9. The van der Waals surface area contributed by atoms with Gasteiger partial charge in [-0.25, -0.2) is 0 Å². The molecule has 1 unspecified atom stereocenters. The van der Waals surface area contributed by atoms with Gasteiger partial charge in [-0.15, -0.1) is 12.4 Å². The summed E-state index contributed by atoms with van der Waals surface area (Å²) >= 11 is 7.72. The number of halogens is 2. The molecule has 1 heterocycles. The van der Waals surface area contributed by atoms with E-state index in [1.54, 1.807) is 12.1 Å². The van der Waals surface area contributed by atoms with Gasteiger partial charge in [-0.2, -0.15) is 0 Å². The minimum atomic E-state index is 0. The molecule has 1 saturated heterocycles. The van der Waals surface area contributed by atoms with E-state index in [4.69, 9.17) is 16.6 Å². The van der Waals surface area contributed by atoms with E-state index in [0.717, 1.165) is 29.6 Å². The highest BCUT2D eigenvalue weighted by Gasteiger charge is 2.32. The predicted octanol–water partition coefficient (Wildman–Crippen LogP) is 5.61. The van der Waals surface area contributed by atoms with E-state index >= 15 is 0 Å². The Bertz CT molecular complexity index is 633. The summed E-state index contributed by atoms with van der Waals surface area (Å²) in [6, 6.07) is 7.97. The molecule has 27 heavy (non-hydrogen) atoms. The third kappa shape index (κ3) is 6.58. The summed E-state index contributed by atoms with van der Waals surface area (Å²) in [6.45, 7) is 3.16. The van der Waals surface area contributed by atoms with Crippen LogP contribution in [0.2, 0.25) is 5.02 Å². The first kappa shape index (κ1) is 22.4. The smallest absolute Gasteiger partial charge is 0.226 e. The van der Waals surface area contributed by atoms with E-state index in [2.05, 4.69) is 17.1 Å². The van der Waals surface area contributed by atoms with E-state index in [0.29, 0.717) is 17.5 Å². The van der Waals surface area contributed by atoms with Crippen molar-refractivity contribution in [2.45, 2.75) is 64.0 Å². The fourth-order valence-electron chi connectivity index (χ4n) is 3.63. The van der Waals surface area contributed by atoms with Gasteiger partial charge >= 0.3 is 0 Å². The van der Waals surface area contributed by atoms with E-state index in [-0.39, 0.29) is 24.4 Å². The first-order valence-corrected chi connectivity index (χ1v) is 11.0. The van der Waals surface area contributed by atoms with Crippen molar-refractivity contribution in [2.24, 2.45) is 4.99 Å². The monoisotopic (exact) mass is 429 g/mol. The van der Waals surface area contributed by atoms with Gasteiger partial charge in [0, 0.05) is 35.5 Å². The van der Waals surface area contributed by atoms with Crippen LogP contribution < -0.4 is 5.32 Å². The quantitative estimate of drug-likeness (QED) is 0.638. The normalized spacial score (nSPS) is 21.9. The molecule has 1 aromatic rings. The average molecular weight is 430 g/mol. The lowest BCUT2D eigenvalue weighted by atomic mass is 9.96. The van der Waals surface area contributed by atoms with Crippen molar-refractivity contribution >= 4 is 52.5 Å². The number of hydrogen-bond acceptors (Lipinski definition) is 3. The summed E-state index contributed by atoms with van der Waals surface area (Å²) in [5.74, 6) is 0.998. The topological polar surface area (TPSA) is 44.7 Å². The molecule has 150 valence electrons. The van der Waals surface area contributed by atoms with E-state index < -0.39 is 0 Å². The number of hydrogen-bond donors (Lipinski definition) is 1. The fraction of sp³-hybridized carbons (Fsp3) is 0.600. The van der Waals surface area contributed by atoms with Crippen LogP contribution in [-0.4, -0.2) is 40.4 Å². The second kappa shape index (κ2) is 11.2. The molecule has 4 nitrogen and oxygen atoms in total. The Balaban J connectivity index is 0.00000261. The maximum atomic E-state index is 12.5. The first-order chi connectivity index (χ1) is 12.7. The Kier molecular flexibility index (Phi) is 9.27. The Morgan fingerprint density at radius 3 is 2.63 bits per heavy atom. The maximum absolute atomic E-state index is 12.5. The zero-order valence-corrected chi connectivity index (χ0v) is 18.2. The van der Waals surface area contributed by atoms with Gasteiger partial charge in [0.25, 0.3) is 0 Å². The summed E-state index contributed by atoms with van der Waals surface area (Å²) in [7, 11) is 0. The second-order valence-electron chi connectivity index (χ2n) is 7.12. The molecule has 7 heteroatoms. The van der Waals surface area contributed by atoms with Crippen molar-refractivity contribution in [3.8, 4) is 0 Å². The molecule has 1 aliphatic heterocycles. The lowest BCUT2D eigenvalue weighted by Crippen LogP contribution is -2.37. The Morgan fingerprint density at radius 2 is 1.96 bits per heavy atom. The number of anilines is 1. The molecule has 1 aliphatic carbocycles. The van der Waals surface area contributed by atoms with Crippen LogP contribution >= 0.6 is 35.8 Å². The van der Waals surface area contributed by atoms with E-state index in [1.807, 2.05) is 23.9 Å². The van der Waals surface area contributed by atoms with Crippen LogP contribution in [0.1, 0.15) is 51.9 Å².